The van der Waals surface area contributed by atoms with Crippen LogP contribution < -0.4 is 10.3 Å². The molecule has 0 spiro atoms. The van der Waals surface area contributed by atoms with Gasteiger partial charge in [-0.25, -0.2) is 0 Å². The van der Waals surface area contributed by atoms with Crippen molar-refractivity contribution < 1.29 is 9.47 Å². The molecule has 0 bridgehead atoms. The Morgan fingerprint density at radius 2 is 2.04 bits per heavy atom. The number of halogens is 1. The van der Waals surface area contributed by atoms with Gasteiger partial charge in [-0.3, -0.25) is 9.78 Å². The molecule has 26 heavy (non-hydrogen) atoms. The second kappa shape index (κ2) is 7.49. The van der Waals surface area contributed by atoms with Crippen LogP contribution in [0, 0.1) is 0 Å². The van der Waals surface area contributed by atoms with Crippen LogP contribution >= 0.6 is 23.4 Å². The van der Waals surface area contributed by atoms with E-state index in [0.717, 1.165) is 22.4 Å². The van der Waals surface area contributed by atoms with Gasteiger partial charge in [0.2, 0.25) is 0 Å². The lowest BCUT2D eigenvalue weighted by atomic mass is 10.1. The Hall–Kier alpha value is -2.35. The molecular formula is C18H14ClN3O3S. The first kappa shape index (κ1) is 17.1. The third-order valence-corrected chi connectivity index (χ3v) is 4.97. The molecule has 0 amide bonds. The summed E-state index contributed by atoms with van der Waals surface area (Å²) < 4.78 is 10.9. The summed E-state index contributed by atoms with van der Waals surface area (Å²) in [6.07, 6.45) is 0. The highest BCUT2D eigenvalue weighted by atomic mass is 35.5. The standard InChI is InChI=1S/C18H14ClN3O3S/c19-14-6-12-8-24-10-25-16(12)13(7-14)9-26-18-20-17(23)15(21-22-18)11-4-2-1-3-5-11/h1-7H,8-10H2,(H,20,22,23). The number of thioether (sulfide) groups is 1. The van der Waals surface area contributed by atoms with Crippen LogP contribution in [0.2, 0.25) is 5.02 Å². The molecular weight excluding hydrogens is 374 g/mol. The van der Waals surface area contributed by atoms with E-state index in [0.29, 0.717) is 28.2 Å². The lowest BCUT2D eigenvalue weighted by molar-refractivity contribution is -0.0168. The number of nitrogens with zero attached hydrogens (tertiary/aromatic N) is 2. The number of aromatic amines is 1. The summed E-state index contributed by atoms with van der Waals surface area (Å²) in [5, 5.41) is 9.26. The molecule has 1 N–H and O–H groups in total. The average Bonchev–Trinajstić information content (AvgIpc) is 2.66. The van der Waals surface area contributed by atoms with E-state index in [9.17, 15) is 4.79 Å². The molecule has 3 aromatic rings. The lowest BCUT2D eigenvalue weighted by Crippen LogP contribution is -2.14. The quantitative estimate of drug-likeness (QED) is 0.688. The van der Waals surface area contributed by atoms with Gasteiger partial charge in [0.15, 0.2) is 17.6 Å². The minimum atomic E-state index is -0.272. The maximum Gasteiger partial charge on any atom is 0.278 e. The third kappa shape index (κ3) is 3.60. The molecule has 0 saturated heterocycles. The number of nitrogens with one attached hydrogen (secondary N) is 1. The van der Waals surface area contributed by atoms with Crippen molar-refractivity contribution in [3.63, 3.8) is 0 Å². The average molecular weight is 388 g/mol. The summed E-state index contributed by atoms with van der Waals surface area (Å²) in [4.78, 5) is 15.1. The van der Waals surface area contributed by atoms with E-state index in [1.807, 2.05) is 42.5 Å². The lowest BCUT2D eigenvalue weighted by Gasteiger charge is -2.20. The molecule has 8 heteroatoms. The Labute approximate surface area is 158 Å². The number of aromatic nitrogens is 3. The van der Waals surface area contributed by atoms with Gasteiger partial charge in [-0.1, -0.05) is 53.7 Å². The summed E-state index contributed by atoms with van der Waals surface area (Å²) in [5.74, 6) is 1.32. The van der Waals surface area contributed by atoms with Crippen molar-refractivity contribution in [2.75, 3.05) is 6.79 Å². The van der Waals surface area contributed by atoms with E-state index in [-0.39, 0.29) is 12.4 Å². The first-order valence-electron chi connectivity index (χ1n) is 7.88. The fraction of sp³-hybridized carbons (Fsp3) is 0.167. The van der Waals surface area contributed by atoms with E-state index in [1.54, 1.807) is 0 Å². The SMILES string of the molecule is O=c1[nH]c(SCc2cc(Cl)cc3c2OCOC3)nnc1-c1ccccc1. The Morgan fingerprint density at radius 1 is 1.19 bits per heavy atom. The van der Waals surface area contributed by atoms with Crippen LogP contribution in [0.15, 0.2) is 52.4 Å². The predicted molar refractivity (Wildman–Crippen MR) is 99.4 cm³/mol. The Kier molecular flexibility index (Phi) is 4.92. The fourth-order valence-electron chi connectivity index (χ4n) is 2.68. The van der Waals surface area contributed by atoms with Gasteiger partial charge in [-0.2, -0.15) is 0 Å². The van der Waals surface area contributed by atoms with E-state index >= 15 is 0 Å². The summed E-state index contributed by atoms with van der Waals surface area (Å²) in [6, 6.07) is 12.9. The molecule has 6 nitrogen and oxygen atoms in total. The van der Waals surface area contributed by atoms with Gasteiger partial charge in [0.25, 0.3) is 5.56 Å². The summed E-state index contributed by atoms with van der Waals surface area (Å²) in [5.41, 5.74) is 2.60. The van der Waals surface area contributed by atoms with Crippen molar-refractivity contribution in [2.45, 2.75) is 17.5 Å². The zero-order valence-corrected chi connectivity index (χ0v) is 15.1. The molecule has 2 aromatic carbocycles. The van der Waals surface area contributed by atoms with Gasteiger partial charge in [0.1, 0.15) is 5.75 Å². The fourth-order valence-corrected chi connectivity index (χ4v) is 3.72. The monoisotopic (exact) mass is 387 g/mol. The maximum absolute atomic E-state index is 12.3. The van der Waals surface area contributed by atoms with Gasteiger partial charge in [-0.15, -0.1) is 10.2 Å². The van der Waals surface area contributed by atoms with Crippen molar-refractivity contribution in [1.82, 2.24) is 15.2 Å². The Bertz CT molecular complexity index is 995. The molecule has 1 aromatic heterocycles. The molecule has 2 heterocycles. The minimum absolute atomic E-state index is 0.217. The summed E-state index contributed by atoms with van der Waals surface area (Å²) in [7, 11) is 0. The number of fused-ring (bicyclic) bond motifs is 1. The maximum atomic E-state index is 12.3. The molecule has 1 aliphatic rings. The molecule has 4 rings (SSSR count). The molecule has 0 fully saturated rings. The van der Waals surface area contributed by atoms with Crippen LogP contribution in [-0.2, 0) is 17.1 Å². The van der Waals surface area contributed by atoms with Crippen LogP contribution in [0.1, 0.15) is 11.1 Å². The van der Waals surface area contributed by atoms with Crippen LogP contribution in [0.4, 0.5) is 0 Å². The van der Waals surface area contributed by atoms with Gasteiger partial charge < -0.3 is 9.47 Å². The highest BCUT2D eigenvalue weighted by molar-refractivity contribution is 7.98. The van der Waals surface area contributed by atoms with Gasteiger partial charge in [0, 0.05) is 27.5 Å². The van der Waals surface area contributed by atoms with Crippen molar-refractivity contribution in [3.05, 3.63) is 69.0 Å². The summed E-state index contributed by atoms with van der Waals surface area (Å²) >= 11 is 7.54. The number of ether oxygens (including phenoxy) is 2. The number of benzene rings is 2. The van der Waals surface area contributed by atoms with Crippen LogP contribution in [0.3, 0.4) is 0 Å². The molecule has 0 aliphatic carbocycles. The Morgan fingerprint density at radius 3 is 2.85 bits per heavy atom. The van der Waals surface area contributed by atoms with Crippen LogP contribution in [-0.4, -0.2) is 22.0 Å². The van der Waals surface area contributed by atoms with Gasteiger partial charge in [-0.05, 0) is 12.1 Å². The molecule has 1 aliphatic heterocycles. The van der Waals surface area contributed by atoms with Crippen LogP contribution in [0.25, 0.3) is 11.3 Å². The zero-order chi connectivity index (χ0) is 17.9. The van der Waals surface area contributed by atoms with Crippen LogP contribution in [0.5, 0.6) is 5.75 Å². The topological polar surface area (TPSA) is 77.1 Å². The molecule has 0 radical (unpaired) electrons. The van der Waals surface area contributed by atoms with Crippen molar-refractivity contribution in [1.29, 1.82) is 0 Å². The third-order valence-electron chi connectivity index (χ3n) is 3.84. The smallest absolute Gasteiger partial charge is 0.278 e. The van der Waals surface area contributed by atoms with E-state index in [4.69, 9.17) is 21.1 Å². The molecule has 0 atom stereocenters. The number of H-pyrrole nitrogens is 1. The highest BCUT2D eigenvalue weighted by Gasteiger charge is 2.17. The van der Waals surface area contributed by atoms with E-state index in [2.05, 4.69) is 15.2 Å². The second-order valence-corrected chi connectivity index (χ2v) is 7.03. The second-order valence-electron chi connectivity index (χ2n) is 5.63. The zero-order valence-electron chi connectivity index (χ0n) is 13.6. The number of hydrogen-bond acceptors (Lipinski definition) is 6. The first-order chi connectivity index (χ1) is 12.7. The van der Waals surface area contributed by atoms with Crippen molar-refractivity contribution in [3.8, 4) is 17.0 Å². The highest BCUT2D eigenvalue weighted by Crippen LogP contribution is 2.34. The molecule has 132 valence electrons. The number of hydrogen-bond donors (Lipinski definition) is 1. The largest absolute Gasteiger partial charge is 0.467 e. The first-order valence-corrected chi connectivity index (χ1v) is 9.24. The van der Waals surface area contributed by atoms with Crippen molar-refractivity contribution >= 4 is 23.4 Å². The minimum Gasteiger partial charge on any atom is -0.467 e. The number of rotatable bonds is 4. The van der Waals surface area contributed by atoms with Gasteiger partial charge in [0.05, 0.1) is 6.61 Å². The van der Waals surface area contributed by atoms with E-state index < -0.39 is 0 Å². The Balaban J connectivity index is 1.55. The molecule has 0 unspecified atom stereocenters. The van der Waals surface area contributed by atoms with E-state index in [1.165, 1.54) is 11.8 Å². The molecule has 0 saturated carbocycles. The van der Waals surface area contributed by atoms with Gasteiger partial charge >= 0.3 is 0 Å². The summed E-state index contributed by atoms with van der Waals surface area (Å²) in [6.45, 7) is 0.685. The van der Waals surface area contributed by atoms with Crippen molar-refractivity contribution in [2.24, 2.45) is 0 Å². The normalized spacial score (nSPS) is 13.1. The predicted octanol–water partition coefficient (Wildman–Crippen LogP) is 3.64.